The van der Waals surface area contributed by atoms with Crippen LogP contribution in [0.3, 0.4) is 0 Å². The first-order chi connectivity index (χ1) is 16.9. The molecule has 15 heteroatoms. The summed E-state index contributed by atoms with van der Waals surface area (Å²) in [5, 5.41) is 30.4. The minimum absolute atomic E-state index is 0.0194. The number of aromatic nitrogens is 5. The van der Waals surface area contributed by atoms with Crippen LogP contribution in [0.25, 0.3) is 5.82 Å². The predicted molar refractivity (Wildman–Crippen MR) is 124 cm³/mol. The van der Waals surface area contributed by atoms with Crippen molar-refractivity contribution in [2.24, 2.45) is 5.10 Å². The fraction of sp³-hybridized carbons (Fsp3) is 0.400. The van der Waals surface area contributed by atoms with Gasteiger partial charge in [0.1, 0.15) is 0 Å². The van der Waals surface area contributed by atoms with Crippen molar-refractivity contribution < 1.29 is 14.3 Å². The molecular weight excluding hydrogens is 458 g/mol. The van der Waals surface area contributed by atoms with Crippen LogP contribution < -0.4 is 11.2 Å². The van der Waals surface area contributed by atoms with E-state index in [0.29, 0.717) is 23.5 Å². The second-order valence-electron chi connectivity index (χ2n) is 7.92. The molecule has 0 aliphatic carbocycles. The SMILES string of the molecule is CCN1CCN(Cc2c(C(=O)N/N=C(/C)c3ccc([N+](=O)[O-])cc3)nnn2-c2nonc2N)CC1. The molecule has 0 unspecified atom stereocenters. The van der Waals surface area contributed by atoms with Gasteiger partial charge in [0.05, 0.1) is 16.3 Å². The number of amides is 1. The van der Waals surface area contributed by atoms with E-state index in [9.17, 15) is 14.9 Å². The summed E-state index contributed by atoms with van der Waals surface area (Å²) >= 11 is 0. The second kappa shape index (κ2) is 10.4. The molecule has 15 nitrogen and oxygen atoms in total. The number of carbonyl (C=O) groups is 1. The van der Waals surface area contributed by atoms with Crippen molar-refractivity contribution >= 4 is 23.1 Å². The molecule has 1 amide bonds. The fourth-order valence-corrected chi connectivity index (χ4v) is 3.68. The summed E-state index contributed by atoms with van der Waals surface area (Å²) in [5.41, 5.74) is 9.91. The zero-order valence-corrected chi connectivity index (χ0v) is 19.3. The second-order valence-corrected chi connectivity index (χ2v) is 7.92. The first kappa shape index (κ1) is 23.9. The van der Waals surface area contributed by atoms with Gasteiger partial charge in [-0.1, -0.05) is 12.1 Å². The maximum atomic E-state index is 13.0. The number of nitrogens with one attached hydrogen (secondary N) is 1. The van der Waals surface area contributed by atoms with Gasteiger partial charge in [-0.2, -0.15) is 9.78 Å². The van der Waals surface area contributed by atoms with Crippen LogP contribution in [0.1, 0.15) is 35.6 Å². The van der Waals surface area contributed by atoms with E-state index in [1.165, 1.54) is 16.8 Å². The summed E-state index contributed by atoms with van der Waals surface area (Å²) in [6, 6.07) is 5.85. The third kappa shape index (κ3) is 5.30. The lowest BCUT2D eigenvalue weighted by atomic mass is 10.1. The normalized spacial score (nSPS) is 15.3. The first-order valence-corrected chi connectivity index (χ1v) is 10.9. The Morgan fingerprint density at radius 2 is 1.89 bits per heavy atom. The zero-order valence-electron chi connectivity index (χ0n) is 19.3. The minimum atomic E-state index is -0.574. The molecule has 1 fully saturated rings. The Morgan fingerprint density at radius 1 is 1.20 bits per heavy atom. The minimum Gasteiger partial charge on any atom is -0.378 e. The molecule has 3 aromatic rings. The predicted octanol–water partition coefficient (Wildman–Crippen LogP) is 0.432. The summed E-state index contributed by atoms with van der Waals surface area (Å²) in [6.07, 6.45) is 0. The molecule has 1 aliphatic heterocycles. The lowest BCUT2D eigenvalue weighted by Crippen LogP contribution is -2.46. The van der Waals surface area contributed by atoms with Crippen LogP contribution in [0.5, 0.6) is 0 Å². The smallest absolute Gasteiger partial charge is 0.293 e. The monoisotopic (exact) mass is 483 g/mol. The Morgan fingerprint density at radius 3 is 2.49 bits per heavy atom. The highest BCUT2D eigenvalue weighted by molar-refractivity contribution is 6.00. The Balaban J connectivity index is 1.55. The van der Waals surface area contributed by atoms with Crippen molar-refractivity contribution in [2.45, 2.75) is 20.4 Å². The molecular formula is C20H25N11O4. The fourth-order valence-electron chi connectivity index (χ4n) is 3.68. The molecule has 1 aliphatic rings. The third-order valence-electron chi connectivity index (χ3n) is 5.78. The maximum Gasteiger partial charge on any atom is 0.293 e. The van der Waals surface area contributed by atoms with Gasteiger partial charge >= 0.3 is 0 Å². The van der Waals surface area contributed by atoms with Crippen LogP contribution in [0.15, 0.2) is 34.0 Å². The summed E-state index contributed by atoms with van der Waals surface area (Å²) in [5.74, 6) is -0.412. The number of hydrogen-bond acceptors (Lipinski definition) is 12. The van der Waals surface area contributed by atoms with Crippen molar-refractivity contribution in [3.8, 4) is 5.82 Å². The van der Waals surface area contributed by atoms with Gasteiger partial charge in [0.25, 0.3) is 11.6 Å². The Labute approximate surface area is 199 Å². The van der Waals surface area contributed by atoms with Gasteiger partial charge in [0.2, 0.25) is 11.6 Å². The van der Waals surface area contributed by atoms with E-state index in [4.69, 9.17) is 10.4 Å². The summed E-state index contributed by atoms with van der Waals surface area (Å²) in [7, 11) is 0. The van der Waals surface area contributed by atoms with Crippen LogP contribution in [0, 0.1) is 10.1 Å². The molecule has 184 valence electrons. The van der Waals surface area contributed by atoms with Crippen molar-refractivity contribution in [3.63, 3.8) is 0 Å². The largest absolute Gasteiger partial charge is 0.378 e. The average Bonchev–Trinajstić information content (AvgIpc) is 3.48. The molecule has 3 N–H and O–H groups in total. The standard InChI is InChI=1S/C20H25N11O4/c1-3-28-8-10-29(11-9-28)12-16-17(23-27-30(16)19-18(21)25-35-26-19)20(32)24-22-13(2)14-4-6-15(7-5-14)31(33)34/h4-7H,3,8-12H2,1-2H3,(H2,21,25)(H,24,32)/b22-13-. The third-order valence-corrected chi connectivity index (χ3v) is 5.78. The molecule has 1 aromatic carbocycles. The molecule has 0 bridgehead atoms. The van der Waals surface area contributed by atoms with Crippen LogP contribution in [0.4, 0.5) is 11.5 Å². The Hall–Kier alpha value is -4.24. The summed E-state index contributed by atoms with van der Waals surface area (Å²) in [6.45, 7) is 8.59. The highest BCUT2D eigenvalue weighted by atomic mass is 16.6. The van der Waals surface area contributed by atoms with E-state index >= 15 is 0 Å². The van der Waals surface area contributed by atoms with E-state index in [0.717, 1.165) is 32.7 Å². The van der Waals surface area contributed by atoms with Crippen molar-refractivity contribution in [1.29, 1.82) is 0 Å². The number of hydrazone groups is 1. The number of nitrogen functional groups attached to an aromatic ring is 1. The summed E-state index contributed by atoms with van der Waals surface area (Å²) in [4.78, 5) is 27.9. The molecule has 35 heavy (non-hydrogen) atoms. The van der Waals surface area contributed by atoms with Gasteiger partial charge < -0.3 is 10.6 Å². The lowest BCUT2D eigenvalue weighted by molar-refractivity contribution is -0.384. The molecule has 0 saturated carbocycles. The van der Waals surface area contributed by atoms with Crippen molar-refractivity contribution in [3.05, 3.63) is 51.3 Å². The number of hydrogen-bond donors (Lipinski definition) is 2. The first-order valence-electron chi connectivity index (χ1n) is 10.9. The lowest BCUT2D eigenvalue weighted by Gasteiger charge is -2.33. The van der Waals surface area contributed by atoms with E-state index in [2.05, 4.69) is 47.9 Å². The molecule has 4 rings (SSSR count). The van der Waals surface area contributed by atoms with Crippen LogP contribution >= 0.6 is 0 Å². The van der Waals surface area contributed by atoms with Crippen LogP contribution in [0.2, 0.25) is 0 Å². The number of nitro benzene ring substituents is 1. The highest BCUT2D eigenvalue weighted by Crippen LogP contribution is 2.19. The molecule has 2 aromatic heterocycles. The number of benzene rings is 1. The molecule has 1 saturated heterocycles. The number of carbonyl (C=O) groups excluding carboxylic acids is 1. The summed E-state index contributed by atoms with van der Waals surface area (Å²) < 4.78 is 6.04. The van der Waals surface area contributed by atoms with Gasteiger partial charge in [-0.05, 0) is 41.5 Å². The quantitative estimate of drug-likeness (QED) is 0.257. The number of nitrogens with two attached hydrogens (primary N) is 1. The number of piperazine rings is 1. The Kier molecular flexibility index (Phi) is 7.07. The van der Waals surface area contributed by atoms with E-state index in [-0.39, 0.29) is 23.0 Å². The van der Waals surface area contributed by atoms with E-state index < -0.39 is 10.8 Å². The van der Waals surface area contributed by atoms with Gasteiger partial charge in [-0.15, -0.1) is 5.10 Å². The topological polar surface area (TPSA) is 187 Å². The number of anilines is 1. The molecule has 0 atom stereocenters. The van der Waals surface area contributed by atoms with Crippen molar-refractivity contribution in [1.82, 2.24) is 40.5 Å². The zero-order chi connectivity index (χ0) is 24.9. The highest BCUT2D eigenvalue weighted by Gasteiger charge is 2.27. The van der Waals surface area contributed by atoms with Crippen LogP contribution in [-0.4, -0.2) is 84.4 Å². The number of rotatable bonds is 8. The van der Waals surface area contributed by atoms with Gasteiger partial charge in [0, 0.05) is 44.9 Å². The number of likely N-dealkylation sites (N-methyl/N-ethyl adjacent to an activating group) is 1. The van der Waals surface area contributed by atoms with Crippen molar-refractivity contribution in [2.75, 3.05) is 38.5 Å². The maximum absolute atomic E-state index is 13.0. The molecule has 3 heterocycles. The van der Waals surface area contributed by atoms with E-state index in [1.54, 1.807) is 19.1 Å². The number of non-ortho nitro benzene ring substituents is 1. The van der Waals surface area contributed by atoms with Gasteiger partial charge in [0.15, 0.2) is 5.69 Å². The van der Waals surface area contributed by atoms with Gasteiger partial charge in [-0.3, -0.25) is 19.8 Å². The van der Waals surface area contributed by atoms with Crippen LogP contribution in [-0.2, 0) is 6.54 Å². The molecule has 0 spiro atoms. The molecule has 0 radical (unpaired) electrons. The number of nitrogens with zero attached hydrogens (tertiary/aromatic N) is 9. The number of nitro groups is 1. The van der Waals surface area contributed by atoms with E-state index in [1.807, 2.05) is 0 Å². The average molecular weight is 483 g/mol. The van der Waals surface area contributed by atoms with Gasteiger partial charge in [-0.25, -0.2) is 10.1 Å². The Bertz CT molecular complexity index is 1230.